The smallest absolute Gasteiger partial charge is 0.225 e. The number of hydrogen-bond acceptors (Lipinski definition) is 4. The molecule has 6 nitrogen and oxygen atoms in total. The summed E-state index contributed by atoms with van der Waals surface area (Å²) in [4.78, 5) is 17.0. The zero-order chi connectivity index (χ0) is 12.1. The quantitative estimate of drug-likeness (QED) is 0.473. The van der Waals surface area contributed by atoms with Crippen LogP contribution in [-0.4, -0.2) is 53.6 Å². The van der Waals surface area contributed by atoms with Gasteiger partial charge < -0.3 is 15.5 Å². The Labute approximate surface area is 124 Å². The molecule has 1 aromatic rings. The fourth-order valence-electron chi connectivity index (χ4n) is 1.85. The summed E-state index contributed by atoms with van der Waals surface area (Å²) in [5.41, 5.74) is 5.87. The van der Waals surface area contributed by atoms with Gasteiger partial charge in [-0.05, 0) is 13.0 Å². The number of nitrogens with two attached hydrogens (primary N) is 1. The number of nitrogens with zero attached hydrogens (tertiary/aromatic N) is 5. The Morgan fingerprint density at radius 3 is 2.44 bits per heavy atom. The number of halogens is 1. The summed E-state index contributed by atoms with van der Waals surface area (Å²) in [6.07, 6.45) is 3.53. The molecule has 2 heterocycles. The van der Waals surface area contributed by atoms with E-state index in [4.69, 9.17) is 5.73 Å². The first-order valence-electron chi connectivity index (χ1n) is 5.88. The molecule has 0 atom stereocenters. The predicted molar refractivity (Wildman–Crippen MR) is 83.4 cm³/mol. The second-order valence-electron chi connectivity index (χ2n) is 3.86. The van der Waals surface area contributed by atoms with Crippen molar-refractivity contribution in [1.29, 1.82) is 0 Å². The van der Waals surface area contributed by atoms with Gasteiger partial charge in [0.25, 0.3) is 0 Å². The summed E-state index contributed by atoms with van der Waals surface area (Å²) in [6, 6.07) is 1.83. The summed E-state index contributed by atoms with van der Waals surface area (Å²) >= 11 is 0. The number of rotatable bonds is 2. The molecule has 0 amide bonds. The third kappa shape index (κ3) is 3.69. The molecule has 7 heteroatoms. The third-order valence-corrected chi connectivity index (χ3v) is 2.76. The number of hydrogen-bond donors (Lipinski definition) is 1. The van der Waals surface area contributed by atoms with Gasteiger partial charge in [-0.2, -0.15) is 0 Å². The van der Waals surface area contributed by atoms with Crippen molar-refractivity contribution in [1.82, 2.24) is 14.9 Å². The monoisotopic (exact) mass is 362 g/mol. The van der Waals surface area contributed by atoms with E-state index in [9.17, 15) is 0 Å². The molecule has 1 fully saturated rings. The van der Waals surface area contributed by atoms with Gasteiger partial charge in [-0.1, -0.05) is 0 Å². The highest BCUT2D eigenvalue weighted by atomic mass is 127. The van der Waals surface area contributed by atoms with Gasteiger partial charge in [0.05, 0.1) is 0 Å². The van der Waals surface area contributed by atoms with Gasteiger partial charge in [0.1, 0.15) is 0 Å². The van der Waals surface area contributed by atoms with Gasteiger partial charge in [-0.15, -0.1) is 24.0 Å². The van der Waals surface area contributed by atoms with E-state index in [0.717, 1.165) is 38.7 Å². The minimum Gasteiger partial charge on any atom is -0.370 e. The molecule has 1 aliphatic rings. The Balaban J connectivity index is 0.00000162. The maximum Gasteiger partial charge on any atom is 0.225 e. The molecule has 0 radical (unpaired) electrons. The standard InChI is InChI=1S/C11H18N6.HI/c1-2-13-10(12)16-6-8-17(9-7-16)11-14-4-3-5-15-11;/h3-5H,2,6-9H2,1H3,(H2,12,13);1H. The van der Waals surface area contributed by atoms with Gasteiger partial charge >= 0.3 is 0 Å². The number of anilines is 1. The molecule has 1 aliphatic heterocycles. The molecule has 0 aromatic carbocycles. The Morgan fingerprint density at radius 1 is 1.28 bits per heavy atom. The maximum atomic E-state index is 5.87. The van der Waals surface area contributed by atoms with Crippen molar-refractivity contribution in [3.05, 3.63) is 18.5 Å². The fraction of sp³-hybridized carbons (Fsp3) is 0.545. The Bertz CT molecular complexity index is 374. The highest BCUT2D eigenvalue weighted by molar-refractivity contribution is 14.0. The van der Waals surface area contributed by atoms with Crippen LogP contribution in [0.15, 0.2) is 23.5 Å². The molecule has 0 spiro atoms. The molecule has 0 unspecified atom stereocenters. The van der Waals surface area contributed by atoms with E-state index >= 15 is 0 Å². The number of aliphatic imine (C=N–C) groups is 1. The van der Waals surface area contributed by atoms with E-state index in [2.05, 4.69) is 24.8 Å². The van der Waals surface area contributed by atoms with Crippen LogP contribution in [0.5, 0.6) is 0 Å². The zero-order valence-electron chi connectivity index (χ0n) is 10.5. The topological polar surface area (TPSA) is 70.6 Å². The first-order chi connectivity index (χ1) is 8.31. The minimum atomic E-state index is 0. The Kier molecular flexibility index (Phi) is 6.10. The van der Waals surface area contributed by atoms with E-state index in [1.807, 2.05) is 13.0 Å². The molecular weight excluding hydrogens is 343 g/mol. The first-order valence-corrected chi connectivity index (χ1v) is 5.88. The van der Waals surface area contributed by atoms with Gasteiger partial charge in [-0.25, -0.2) is 9.97 Å². The van der Waals surface area contributed by atoms with E-state index in [-0.39, 0.29) is 24.0 Å². The fourth-order valence-corrected chi connectivity index (χ4v) is 1.85. The van der Waals surface area contributed by atoms with Crippen LogP contribution in [0, 0.1) is 0 Å². The van der Waals surface area contributed by atoms with Crippen LogP contribution in [-0.2, 0) is 0 Å². The summed E-state index contributed by atoms with van der Waals surface area (Å²) in [6.45, 7) is 6.21. The maximum absolute atomic E-state index is 5.87. The van der Waals surface area contributed by atoms with Gasteiger partial charge in [0.15, 0.2) is 5.96 Å². The van der Waals surface area contributed by atoms with E-state index in [1.54, 1.807) is 12.4 Å². The SMILES string of the molecule is CCN=C(N)N1CCN(c2ncccn2)CC1.I. The van der Waals surface area contributed by atoms with Crippen LogP contribution in [0.3, 0.4) is 0 Å². The third-order valence-electron chi connectivity index (χ3n) is 2.76. The first kappa shape index (κ1) is 14.9. The molecule has 1 aromatic heterocycles. The molecule has 0 saturated carbocycles. The molecule has 0 aliphatic carbocycles. The number of piperazine rings is 1. The van der Waals surface area contributed by atoms with Crippen LogP contribution in [0.25, 0.3) is 0 Å². The summed E-state index contributed by atoms with van der Waals surface area (Å²) in [7, 11) is 0. The second-order valence-corrected chi connectivity index (χ2v) is 3.86. The van der Waals surface area contributed by atoms with E-state index < -0.39 is 0 Å². The van der Waals surface area contributed by atoms with Gasteiger partial charge in [-0.3, -0.25) is 4.99 Å². The summed E-state index contributed by atoms with van der Waals surface area (Å²) in [5.74, 6) is 1.43. The lowest BCUT2D eigenvalue weighted by Crippen LogP contribution is -2.51. The highest BCUT2D eigenvalue weighted by Gasteiger charge is 2.19. The highest BCUT2D eigenvalue weighted by Crippen LogP contribution is 2.09. The molecule has 2 N–H and O–H groups in total. The lowest BCUT2D eigenvalue weighted by molar-refractivity contribution is 0.378. The average molecular weight is 362 g/mol. The van der Waals surface area contributed by atoms with Crippen LogP contribution >= 0.6 is 24.0 Å². The largest absolute Gasteiger partial charge is 0.370 e. The molecular formula is C11H19IN6. The van der Waals surface area contributed by atoms with Crippen molar-refractivity contribution in [3.63, 3.8) is 0 Å². The number of guanidine groups is 1. The van der Waals surface area contributed by atoms with Crippen LogP contribution < -0.4 is 10.6 Å². The summed E-state index contributed by atoms with van der Waals surface area (Å²) < 4.78 is 0. The zero-order valence-corrected chi connectivity index (χ0v) is 12.8. The van der Waals surface area contributed by atoms with Crippen LogP contribution in [0.1, 0.15) is 6.92 Å². The minimum absolute atomic E-state index is 0. The second kappa shape index (κ2) is 7.34. The molecule has 1 saturated heterocycles. The number of aromatic nitrogens is 2. The summed E-state index contributed by atoms with van der Waals surface area (Å²) in [5, 5.41) is 0. The van der Waals surface area contributed by atoms with Crippen molar-refractivity contribution in [2.45, 2.75) is 6.92 Å². The van der Waals surface area contributed by atoms with Crippen LogP contribution in [0.2, 0.25) is 0 Å². The molecule has 18 heavy (non-hydrogen) atoms. The van der Waals surface area contributed by atoms with E-state index in [0.29, 0.717) is 5.96 Å². The lowest BCUT2D eigenvalue weighted by atomic mass is 10.3. The Hall–Kier alpha value is -1.12. The van der Waals surface area contributed by atoms with Crippen molar-refractivity contribution >= 4 is 35.9 Å². The predicted octanol–water partition coefficient (Wildman–Crippen LogP) is 0.551. The van der Waals surface area contributed by atoms with Gasteiger partial charge in [0, 0.05) is 45.1 Å². The van der Waals surface area contributed by atoms with E-state index in [1.165, 1.54) is 0 Å². The molecule has 2 rings (SSSR count). The van der Waals surface area contributed by atoms with Crippen molar-refractivity contribution < 1.29 is 0 Å². The normalized spacial score (nSPS) is 16.4. The van der Waals surface area contributed by atoms with Crippen LogP contribution in [0.4, 0.5) is 5.95 Å². The molecule has 0 bridgehead atoms. The van der Waals surface area contributed by atoms with Crippen molar-refractivity contribution in [2.24, 2.45) is 10.7 Å². The molecule has 100 valence electrons. The average Bonchev–Trinajstić information content (AvgIpc) is 2.40. The van der Waals surface area contributed by atoms with Gasteiger partial charge in [0.2, 0.25) is 5.95 Å². The Morgan fingerprint density at radius 2 is 1.89 bits per heavy atom. The van der Waals surface area contributed by atoms with Crippen molar-refractivity contribution in [2.75, 3.05) is 37.6 Å². The lowest BCUT2D eigenvalue weighted by Gasteiger charge is -2.35. The van der Waals surface area contributed by atoms with Crippen molar-refractivity contribution in [3.8, 4) is 0 Å².